The molecule has 0 N–H and O–H groups in total. The Morgan fingerprint density at radius 2 is 1.62 bits per heavy atom. The molecule has 1 unspecified atom stereocenters. The van der Waals surface area contributed by atoms with Crippen LogP contribution in [-0.4, -0.2) is 21.8 Å². The van der Waals surface area contributed by atoms with Gasteiger partial charge < -0.3 is 0 Å². The van der Waals surface area contributed by atoms with E-state index in [2.05, 4.69) is 28.2 Å². The molecule has 2 heterocycles. The number of allylic oxidation sites excluding steroid dienone is 2. The molecule has 3 aromatic rings. The first-order valence-corrected chi connectivity index (χ1v) is 10.0. The fraction of sp³-hybridized carbons (Fsp3) is 0.250. The van der Waals surface area contributed by atoms with Gasteiger partial charge in [-0.1, -0.05) is 23.8 Å². The summed E-state index contributed by atoms with van der Waals surface area (Å²) in [6.45, 7) is 2.04. The van der Waals surface area contributed by atoms with Crippen LogP contribution in [0.5, 0.6) is 0 Å². The van der Waals surface area contributed by atoms with Gasteiger partial charge in [-0.2, -0.15) is 0 Å². The number of amides is 2. The molecule has 2 bridgehead atoms. The zero-order valence-corrected chi connectivity index (χ0v) is 15.9. The van der Waals surface area contributed by atoms with E-state index >= 15 is 0 Å². The Morgan fingerprint density at radius 1 is 0.931 bits per heavy atom. The number of benzene rings is 2. The number of anilines is 1. The molecule has 1 aliphatic heterocycles. The van der Waals surface area contributed by atoms with Crippen molar-refractivity contribution in [2.75, 3.05) is 4.90 Å². The minimum atomic E-state index is -0.176. The van der Waals surface area contributed by atoms with Crippen molar-refractivity contribution in [1.82, 2.24) is 9.97 Å². The van der Waals surface area contributed by atoms with Crippen LogP contribution < -0.4 is 4.90 Å². The standard InChI is InChI=1S/C24H19N3O2/c1-13-2-9-19-17(10-13)12-25-22(26-19)14-5-7-18(8-6-14)27-23(28)20-15-3-4-16(11-15)21(20)24(27)29/h2-10,12,15-16,20-21H,11H2,1H3/t15-,16?,20+,21-/m0/s1. The third-order valence-electron chi connectivity index (χ3n) is 6.59. The number of rotatable bonds is 2. The van der Waals surface area contributed by atoms with Crippen molar-refractivity contribution < 1.29 is 9.59 Å². The molecule has 1 saturated heterocycles. The van der Waals surface area contributed by atoms with Gasteiger partial charge in [0.25, 0.3) is 0 Å². The Hall–Kier alpha value is -3.34. The second-order valence-corrected chi connectivity index (χ2v) is 8.31. The Balaban J connectivity index is 1.32. The van der Waals surface area contributed by atoms with E-state index in [0.717, 1.165) is 22.9 Å². The molecule has 142 valence electrons. The third-order valence-corrected chi connectivity index (χ3v) is 6.59. The maximum atomic E-state index is 13.0. The lowest BCUT2D eigenvalue weighted by molar-refractivity contribution is -0.123. The van der Waals surface area contributed by atoms with Crippen molar-refractivity contribution in [2.24, 2.45) is 23.7 Å². The molecule has 0 radical (unpaired) electrons. The van der Waals surface area contributed by atoms with Gasteiger partial charge in [0.1, 0.15) is 0 Å². The predicted molar refractivity (Wildman–Crippen MR) is 110 cm³/mol. The molecule has 3 aliphatic rings. The number of nitrogens with zero attached hydrogens (tertiary/aromatic N) is 3. The molecular weight excluding hydrogens is 362 g/mol. The van der Waals surface area contributed by atoms with E-state index in [4.69, 9.17) is 0 Å². The zero-order chi connectivity index (χ0) is 19.7. The topological polar surface area (TPSA) is 63.2 Å². The molecule has 5 nitrogen and oxygen atoms in total. The Bertz CT molecular complexity index is 1180. The number of hydrogen-bond acceptors (Lipinski definition) is 4. The lowest BCUT2D eigenvalue weighted by atomic mass is 9.85. The summed E-state index contributed by atoms with van der Waals surface area (Å²) in [5.74, 6) is 0.615. The van der Waals surface area contributed by atoms with Gasteiger partial charge in [0.15, 0.2) is 5.82 Å². The number of carbonyl (C=O) groups is 2. The first kappa shape index (κ1) is 16.6. The Labute approximate surface area is 168 Å². The second-order valence-electron chi connectivity index (χ2n) is 8.31. The van der Waals surface area contributed by atoms with E-state index in [0.29, 0.717) is 11.5 Å². The molecule has 0 spiro atoms. The van der Waals surface area contributed by atoms with Gasteiger partial charge in [-0.3, -0.25) is 14.5 Å². The van der Waals surface area contributed by atoms with Crippen LogP contribution in [0.15, 0.2) is 60.8 Å². The summed E-state index contributed by atoms with van der Waals surface area (Å²) in [5.41, 5.74) is 3.56. The van der Waals surface area contributed by atoms with E-state index in [1.807, 2.05) is 49.5 Å². The normalized spacial score (nSPS) is 27.3. The first-order chi connectivity index (χ1) is 14.1. The fourth-order valence-corrected chi connectivity index (χ4v) is 5.21. The lowest BCUT2D eigenvalue weighted by Crippen LogP contribution is -2.32. The number of aromatic nitrogens is 2. The predicted octanol–water partition coefficient (Wildman–Crippen LogP) is 3.92. The summed E-state index contributed by atoms with van der Waals surface area (Å²) in [7, 11) is 0. The monoisotopic (exact) mass is 381 g/mol. The van der Waals surface area contributed by atoms with Crippen molar-refractivity contribution in [3.05, 3.63) is 66.4 Å². The number of aryl methyl sites for hydroxylation is 1. The number of fused-ring (bicyclic) bond motifs is 6. The summed E-state index contributed by atoms with van der Waals surface area (Å²) in [5, 5.41) is 1.01. The fourth-order valence-electron chi connectivity index (χ4n) is 5.21. The highest BCUT2D eigenvalue weighted by atomic mass is 16.2. The van der Waals surface area contributed by atoms with E-state index in [9.17, 15) is 9.59 Å². The van der Waals surface area contributed by atoms with Crippen LogP contribution in [0.25, 0.3) is 22.3 Å². The van der Waals surface area contributed by atoms with Gasteiger partial charge in [-0.15, -0.1) is 0 Å². The van der Waals surface area contributed by atoms with Crippen LogP contribution in [0.3, 0.4) is 0 Å². The highest BCUT2D eigenvalue weighted by Crippen LogP contribution is 2.53. The van der Waals surface area contributed by atoms with Crippen molar-refractivity contribution in [3.8, 4) is 11.4 Å². The van der Waals surface area contributed by atoms with E-state index in [-0.39, 0.29) is 35.5 Å². The maximum Gasteiger partial charge on any atom is 0.238 e. The van der Waals surface area contributed by atoms with E-state index in [1.165, 1.54) is 10.5 Å². The molecule has 2 amide bonds. The quantitative estimate of drug-likeness (QED) is 0.499. The van der Waals surface area contributed by atoms with Crippen LogP contribution >= 0.6 is 0 Å². The molecule has 1 aromatic heterocycles. The van der Waals surface area contributed by atoms with Crippen molar-refractivity contribution in [3.63, 3.8) is 0 Å². The average Bonchev–Trinajstić information content (AvgIpc) is 3.42. The minimum Gasteiger partial charge on any atom is -0.274 e. The third kappa shape index (κ3) is 2.33. The molecular formula is C24H19N3O2. The van der Waals surface area contributed by atoms with Crippen molar-refractivity contribution in [1.29, 1.82) is 0 Å². The summed E-state index contributed by atoms with van der Waals surface area (Å²) >= 11 is 0. The van der Waals surface area contributed by atoms with Crippen molar-refractivity contribution >= 4 is 28.4 Å². The Morgan fingerprint density at radius 3 is 2.31 bits per heavy atom. The maximum absolute atomic E-state index is 13.0. The molecule has 5 heteroatoms. The molecule has 2 fully saturated rings. The van der Waals surface area contributed by atoms with Crippen LogP contribution in [0.1, 0.15) is 12.0 Å². The highest BCUT2D eigenvalue weighted by Gasteiger charge is 2.59. The molecule has 4 atom stereocenters. The van der Waals surface area contributed by atoms with Gasteiger partial charge in [0.2, 0.25) is 11.8 Å². The molecule has 1 saturated carbocycles. The molecule has 29 heavy (non-hydrogen) atoms. The largest absolute Gasteiger partial charge is 0.274 e. The van der Waals surface area contributed by atoms with Crippen LogP contribution in [0.4, 0.5) is 5.69 Å². The molecule has 2 aromatic carbocycles. The summed E-state index contributed by atoms with van der Waals surface area (Å²) in [6, 6.07) is 13.5. The summed E-state index contributed by atoms with van der Waals surface area (Å²) < 4.78 is 0. The van der Waals surface area contributed by atoms with Gasteiger partial charge >= 0.3 is 0 Å². The average molecular weight is 381 g/mol. The first-order valence-electron chi connectivity index (χ1n) is 10.0. The van der Waals surface area contributed by atoms with Gasteiger partial charge in [0, 0.05) is 17.1 Å². The summed E-state index contributed by atoms with van der Waals surface area (Å²) in [4.78, 5) is 36.4. The lowest BCUT2D eigenvalue weighted by Gasteiger charge is -2.17. The second kappa shape index (κ2) is 5.83. The van der Waals surface area contributed by atoms with E-state index in [1.54, 1.807) is 0 Å². The Kier molecular flexibility index (Phi) is 3.34. The van der Waals surface area contributed by atoms with Crippen LogP contribution in [-0.2, 0) is 9.59 Å². The molecule has 6 rings (SSSR count). The SMILES string of the molecule is Cc1ccc2nc(-c3ccc(N4C(=O)[C@@H]5[C@H]6C=CC(C6)[C@@H]5C4=O)cc3)ncc2c1. The van der Waals surface area contributed by atoms with Gasteiger partial charge in [-0.25, -0.2) is 9.97 Å². The van der Waals surface area contributed by atoms with E-state index < -0.39 is 0 Å². The van der Waals surface area contributed by atoms with Gasteiger partial charge in [-0.05, 0) is 61.6 Å². The van der Waals surface area contributed by atoms with Crippen molar-refractivity contribution in [2.45, 2.75) is 13.3 Å². The number of carbonyl (C=O) groups excluding carboxylic acids is 2. The summed E-state index contributed by atoms with van der Waals surface area (Å²) in [6.07, 6.45) is 7.00. The number of hydrogen-bond donors (Lipinski definition) is 0. The smallest absolute Gasteiger partial charge is 0.238 e. The van der Waals surface area contributed by atoms with Crippen LogP contribution in [0, 0.1) is 30.6 Å². The number of imide groups is 1. The van der Waals surface area contributed by atoms with Crippen LogP contribution in [0.2, 0.25) is 0 Å². The highest BCUT2D eigenvalue weighted by molar-refractivity contribution is 6.22. The van der Waals surface area contributed by atoms with Gasteiger partial charge in [0.05, 0.1) is 23.0 Å². The zero-order valence-electron chi connectivity index (χ0n) is 15.9. The minimum absolute atomic E-state index is 0.0538. The molecule has 2 aliphatic carbocycles.